The Bertz CT molecular complexity index is 725. The van der Waals surface area contributed by atoms with E-state index in [0.717, 1.165) is 0 Å². The van der Waals surface area contributed by atoms with Gasteiger partial charge in [-0.05, 0) is 52.3 Å². The summed E-state index contributed by atoms with van der Waals surface area (Å²) in [6, 6.07) is 11.0. The Morgan fingerprint density at radius 1 is 1.25 bits per heavy atom. The Hall–Kier alpha value is -2.03. The third-order valence-electron chi connectivity index (χ3n) is 2.46. The highest BCUT2D eigenvalue weighted by molar-refractivity contribution is 9.10. The van der Waals surface area contributed by atoms with Crippen molar-refractivity contribution in [3.8, 4) is 17.6 Å². The van der Waals surface area contributed by atoms with Gasteiger partial charge >= 0.3 is 5.97 Å². The number of halogens is 2. The predicted molar refractivity (Wildman–Crippen MR) is 77.3 cm³/mol. The van der Waals surface area contributed by atoms with Crippen LogP contribution in [0.15, 0.2) is 40.9 Å². The minimum absolute atomic E-state index is 0.105. The Kier molecular flexibility index (Phi) is 4.28. The van der Waals surface area contributed by atoms with Crippen LogP contribution in [-0.2, 0) is 0 Å². The van der Waals surface area contributed by atoms with Crippen molar-refractivity contribution in [2.75, 3.05) is 0 Å². The second kappa shape index (κ2) is 5.95. The smallest absolute Gasteiger partial charge is 0.335 e. The lowest BCUT2D eigenvalue weighted by Crippen LogP contribution is -1.97. The summed E-state index contributed by atoms with van der Waals surface area (Å²) >= 11 is 9.28. The normalized spacial score (nSPS) is 9.85. The van der Waals surface area contributed by atoms with E-state index in [9.17, 15) is 4.79 Å². The van der Waals surface area contributed by atoms with Gasteiger partial charge in [0, 0.05) is 0 Å². The largest absolute Gasteiger partial charge is 0.478 e. The maximum atomic E-state index is 10.9. The van der Waals surface area contributed by atoms with Crippen LogP contribution in [0.2, 0.25) is 5.02 Å². The molecule has 2 aromatic rings. The second-order valence-electron chi connectivity index (χ2n) is 3.81. The van der Waals surface area contributed by atoms with Gasteiger partial charge in [0.15, 0.2) is 0 Å². The number of nitriles is 1. The molecule has 0 aliphatic carbocycles. The van der Waals surface area contributed by atoms with Gasteiger partial charge in [-0.1, -0.05) is 11.6 Å². The van der Waals surface area contributed by atoms with Crippen LogP contribution in [0.5, 0.6) is 11.5 Å². The molecule has 0 radical (unpaired) electrons. The molecule has 2 aromatic carbocycles. The molecule has 0 aromatic heterocycles. The minimum Gasteiger partial charge on any atom is -0.478 e. The quantitative estimate of drug-likeness (QED) is 0.885. The van der Waals surface area contributed by atoms with Crippen LogP contribution in [0, 0.1) is 11.3 Å². The van der Waals surface area contributed by atoms with Gasteiger partial charge < -0.3 is 9.84 Å². The molecule has 1 N–H and O–H groups in total. The SMILES string of the molecule is N#Cc1ccc(Oc2cc(C(=O)O)ccc2Br)c(Cl)c1. The molecule has 0 spiro atoms. The summed E-state index contributed by atoms with van der Waals surface area (Å²) in [5.41, 5.74) is 0.522. The van der Waals surface area contributed by atoms with Crippen molar-refractivity contribution in [2.24, 2.45) is 0 Å². The molecule has 2 rings (SSSR count). The van der Waals surface area contributed by atoms with Gasteiger partial charge in [-0.2, -0.15) is 5.26 Å². The molecule has 0 unspecified atom stereocenters. The molecular formula is C14H7BrClNO3. The molecule has 0 fully saturated rings. The first-order valence-corrected chi connectivity index (χ1v) is 6.58. The third kappa shape index (κ3) is 3.10. The molecule has 4 nitrogen and oxygen atoms in total. The topological polar surface area (TPSA) is 70.3 Å². The predicted octanol–water partition coefficient (Wildman–Crippen LogP) is 4.46. The average Bonchev–Trinajstić information content (AvgIpc) is 2.42. The summed E-state index contributed by atoms with van der Waals surface area (Å²) < 4.78 is 6.18. The Balaban J connectivity index is 2.37. The van der Waals surface area contributed by atoms with Crippen molar-refractivity contribution < 1.29 is 14.6 Å². The van der Waals surface area contributed by atoms with Crippen LogP contribution >= 0.6 is 27.5 Å². The van der Waals surface area contributed by atoms with Crippen molar-refractivity contribution in [1.82, 2.24) is 0 Å². The molecule has 0 saturated carbocycles. The fourth-order valence-corrected chi connectivity index (χ4v) is 2.03. The zero-order valence-corrected chi connectivity index (χ0v) is 12.3. The van der Waals surface area contributed by atoms with Crippen LogP contribution in [0.4, 0.5) is 0 Å². The molecule has 100 valence electrons. The average molecular weight is 353 g/mol. The van der Waals surface area contributed by atoms with E-state index in [0.29, 0.717) is 21.5 Å². The fraction of sp³-hybridized carbons (Fsp3) is 0. The lowest BCUT2D eigenvalue weighted by atomic mass is 10.2. The number of carboxylic acid groups (broad SMARTS) is 1. The van der Waals surface area contributed by atoms with Gasteiger partial charge in [0.05, 0.1) is 26.7 Å². The van der Waals surface area contributed by atoms with E-state index in [2.05, 4.69) is 15.9 Å². The molecular weight excluding hydrogens is 346 g/mol. The first-order chi connectivity index (χ1) is 9.51. The van der Waals surface area contributed by atoms with Crippen molar-refractivity contribution in [1.29, 1.82) is 5.26 Å². The van der Waals surface area contributed by atoms with Crippen molar-refractivity contribution in [3.05, 3.63) is 57.0 Å². The van der Waals surface area contributed by atoms with E-state index in [-0.39, 0.29) is 10.6 Å². The summed E-state index contributed by atoms with van der Waals surface area (Å²) in [7, 11) is 0. The van der Waals surface area contributed by atoms with Gasteiger partial charge in [-0.3, -0.25) is 0 Å². The van der Waals surface area contributed by atoms with Crippen LogP contribution in [0.1, 0.15) is 15.9 Å². The zero-order chi connectivity index (χ0) is 14.7. The number of rotatable bonds is 3. The maximum Gasteiger partial charge on any atom is 0.335 e. The van der Waals surface area contributed by atoms with Gasteiger partial charge in [-0.15, -0.1) is 0 Å². The highest BCUT2D eigenvalue weighted by atomic mass is 79.9. The summed E-state index contributed by atoms with van der Waals surface area (Å²) in [4.78, 5) is 10.9. The monoisotopic (exact) mass is 351 g/mol. The van der Waals surface area contributed by atoms with Gasteiger partial charge in [0.2, 0.25) is 0 Å². The third-order valence-corrected chi connectivity index (χ3v) is 3.41. The molecule has 6 heteroatoms. The lowest BCUT2D eigenvalue weighted by Gasteiger charge is -2.10. The fourth-order valence-electron chi connectivity index (χ4n) is 1.49. The Labute approximate surface area is 128 Å². The molecule has 0 heterocycles. The van der Waals surface area contributed by atoms with Crippen molar-refractivity contribution >= 4 is 33.5 Å². The number of nitrogens with zero attached hydrogens (tertiary/aromatic N) is 1. The molecule has 0 aliphatic rings. The van der Waals surface area contributed by atoms with Gasteiger partial charge in [0.1, 0.15) is 11.5 Å². The summed E-state index contributed by atoms with van der Waals surface area (Å²) in [6.45, 7) is 0. The van der Waals surface area contributed by atoms with E-state index >= 15 is 0 Å². The first kappa shape index (κ1) is 14.4. The number of hydrogen-bond donors (Lipinski definition) is 1. The number of benzene rings is 2. The van der Waals surface area contributed by atoms with E-state index in [1.807, 2.05) is 6.07 Å². The molecule has 0 atom stereocenters. The highest BCUT2D eigenvalue weighted by Crippen LogP contribution is 2.34. The minimum atomic E-state index is -1.05. The lowest BCUT2D eigenvalue weighted by molar-refractivity contribution is 0.0696. The van der Waals surface area contributed by atoms with Gasteiger partial charge in [-0.25, -0.2) is 4.79 Å². The zero-order valence-electron chi connectivity index (χ0n) is 9.93. The van der Waals surface area contributed by atoms with Crippen molar-refractivity contribution in [2.45, 2.75) is 0 Å². The van der Waals surface area contributed by atoms with E-state index in [1.54, 1.807) is 18.2 Å². The van der Waals surface area contributed by atoms with E-state index in [1.165, 1.54) is 18.2 Å². The summed E-state index contributed by atoms with van der Waals surface area (Å²) in [5.74, 6) is -0.376. The number of ether oxygens (including phenoxy) is 1. The number of aromatic carboxylic acids is 1. The first-order valence-electron chi connectivity index (χ1n) is 5.41. The molecule has 0 amide bonds. The van der Waals surface area contributed by atoms with E-state index < -0.39 is 5.97 Å². The molecule has 20 heavy (non-hydrogen) atoms. The van der Waals surface area contributed by atoms with Crippen LogP contribution in [0.25, 0.3) is 0 Å². The standard InChI is InChI=1S/C14H7BrClNO3/c15-10-3-2-9(14(18)19)6-13(10)20-12-4-1-8(7-17)5-11(12)16/h1-6H,(H,18,19). The van der Waals surface area contributed by atoms with Crippen LogP contribution in [-0.4, -0.2) is 11.1 Å². The Morgan fingerprint density at radius 2 is 2.00 bits per heavy atom. The number of carboxylic acids is 1. The molecule has 0 aliphatic heterocycles. The highest BCUT2D eigenvalue weighted by Gasteiger charge is 2.11. The molecule has 0 bridgehead atoms. The molecule has 0 saturated heterocycles. The van der Waals surface area contributed by atoms with Crippen LogP contribution in [0.3, 0.4) is 0 Å². The van der Waals surface area contributed by atoms with Gasteiger partial charge in [0.25, 0.3) is 0 Å². The van der Waals surface area contributed by atoms with Crippen LogP contribution < -0.4 is 4.74 Å². The second-order valence-corrected chi connectivity index (χ2v) is 5.07. The maximum absolute atomic E-state index is 10.9. The summed E-state index contributed by atoms with van der Waals surface area (Å²) in [5, 5.41) is 18.0. The number of carbonyl (C=O) groups is 1. The van der Waals surface area contributed by atoms with Crippen molar-refractivity contribution in [3.63, 3.8) is 0 Å². The summed E-state index contributed by atoms with van der Waals surface area (Å²) in [6.07, 6.45) is 0. The number of hydrogen-bond acceptors (Lipinski definition) is 3. The Morgan fingerprint density at radius 3 is 2.60 bits per heavy atom. The van der Waals surface area contributed by atoms with E-state index in [4.69, 9.17) is 26.7 Å².